The molecule has 0 fully saturated rings. The molecule has 0 aromatic carbocycles. The van der Waals surface area contributed by atoms with Gasteiger partial charge in [-0.1, -0.05) is 32.9 Å². The summed E-state index contributed by atoms with van der Waals surface area (Å²) in [5.41, 5.74) is 0.341. The van der Waals surface area contributed by atoms with Gasteiger partial charge < -0.3 is 9.63 Å². The zero-order valence-electron chi connectivity index (χ0n) is 15.8. The molecular formula is C17H26F3NO4Si. The number of carbonyl (C=O) groups is 2. The third-order valence-corrected chi connectivity index (χ3v) is 9.01. The van der Waals surface area contributed by atoms with Gasteiger partial charge in [0.25, 0.3) is 0 Å². The Bertz CT molecular complexity index is 620. The Kier molecular flexibility index (Phi) is 6.52. The van der Waals surface area contributed by atoms with Crippen LogP contribution in [0, 0.1) is 5.92 Å². The molecule has 1 amide bonds. The molecule has 0 aliphatic heterocycles. The Hall–Kier alpha value is -1.61. The van der Waals surface area contributed by atoms with Crippen LogP contribution >= 0.6 is 0 Å². The maximum Gasteiger partial charge on any atom is 0.430 e. The lowest BCUT2D eigenvalue weighted by Crippen LogP contribution is -2.51. The molecule has 0 saturated heterocycles. The van der Waals surface area contributed by atoms with Crippen LogP contribution in [0.1, 0.15) is 34.1 Å². The van der Waals surface area contributed by atoms with Gasteiger partial charge in [0.05, 0.1) is 6.04 Å². The number of allylic oxidation sites excluding steroid dienone is 3. The molecule has 2 unspecified atom stereocenters. The van der Waals surface area contributed by atoms with Gasteiger partial charge in [-0.3, -0.25) is 4.79 Å². The highest BCUT2D eigenvalue weighted by Crippen LogP contribution is 2.38. The highest BCUT2D eigenvalue weighted by Gasteiger charge is 2.44. The Morgan fingerprint density at radius 1 is 1.35 bits per heavy atom. The first-order valence-corrected chi connectivity index (χ1v) is 11.2. The van der Waals surface area contributed by atoms with Gasteiger partial charge in [0.2, 0.25) is 8.32 Å². The predicted molar refractivity (Wildman–Crippen MR) is 94.0 cm³/mol. The van der Waals surface area contributed by atoms with Crippen molar-refractivity contribution in [3.8, 4) is 0 Å². The average molecular weight is 393 g/mol. The largest absolute Gasteiger partial charge is 0.463 e. The second kappa shape index (κ2) is 7.56. The predicted octanol–water partition coefficient (Wildman–Crippen LogP) is 4.93. The fraction of sp³-hybridized carbons (Fsp3) is 0.647. The number of ketones is 1. The van der Waals surface area contributed by atoms with Gasteiger partial charge in [-0.25, -0.2) is 4.79 Å². The van der Waals surface area contributed by atoms with Gasteiger partial charge in [0.1, 0.15) is 5.92 Å². The van der Waals surface area contributed by atoms with Crippen LogP contribution in [0.25, 0.3) is 0 Å². The van der Waals surface area contributed by atoms with E-state index in [0.29, 0.717) is 5.57 Å². The average Bonchev–Trinajstić information content (AvgIpc) is 2.41. The van der Waals surface area contributed by atoms with Crippen molar-refractivity contribution in [2.45, 2.75) is 64.5 Å². The molecule has 0 bridgehead atoms. The van der Waals surface area contributed by atoms with Crippen LogP contribution < -0.4 is 0 Å². The SMILES string of the molecule is CC(CC1=CC(=O)C(C(F)(F)F)C=C1)N(O[Si](C)(C)C(C)(C)C)C(=O)O. The molecule has 0 aromatic rings. The molecule has 0 radical (unpaired) electrons. The van der Waals surface area contributed by atoms with Crippen molar-refractivity contribution in [1.82, 2.24) is 5.06 Å². The lowest BCUT2D eigenvalue weighted by molar-refractivity contribution is -0.168. The number of carbonyl (C=O) groups excluding carboxylic acids is 1. The Labute approximate surface area is 152 Å². The zero-order valence-corrected chi connectivity index (χ0v) is 16.8. The second-order valence-electron chi connectivity index (χ2n) is 8.01. The summed E-state index contributed by atoms with van der Waals surface area (Å²) in [6.07, 6.45) is -2.86. The summed E-state index contributed by atoms with van der Waals surface area (Å²) in [6, 6.07) is -0.659. The van der Waals surface area contributed by atoms with E-state index in [-0.39, 0.29) is 11.5 Å². The fourth-order valence-electron chi connectivity index (χ4n) is 2.16. The van der Waals surface area contributed by atoms with Crippen LogP contribution in [0.5, 0.6) is 0 Å². The summed E-state index contributed by atoms with van der Waals surface area (Å²) in [4.78, 5) is 23.3. The summed E-state index contributed by atoms with van der Waals surface area (Å²) in [5, 5.41) is 10.1. The summed E-state index contributed by atoms with van der Waals surface area (Å²) in [5.74, 6) is -3.19. The molecule has 1 aliphatic rings. The van der Waals surface area contributed by atoms with Crippen LogP contribution in [-0.4, -0.2) is 42.6 Å². The summed E-state index contributed by atoms with van der Waals surface area (Å²) < 4.78 is 44.0. The maximum absolute atomic E-state index is 12.7. The van der Waals surface area contributed by atoms with Gasteiger partial charge in [-0.2, -0.15) is 18.2 Å². The first-order valence-electron chi connectivity index (χ1n) is 8.27. The van der Waals surface area contributed by atoms with E-state index in [9.17, 15) is 27.9 Å². The molecule has 2 atom stereocenters. The number of nitrogens with zero attached hydrogens (tertiary/aromatic N) is 1. The van der Waals surface area contributed by atoms with Crippen molar-refractivity contribution >= 4 is 20.2 Å². The number of hydroxylamine groups is 2. The minimum Gasteiger partial charge on any atom is -0.463 e. The van der Waals surface area contributed by atoms with E-state index in [0.717, 1.165) is 17.2 Å². The van der Waals surface area contributed by atoms with E-state index >= 15 is 0 Å². The molecular weight excluding hydrogens is 367 g/mol. The molecule has 1 aliphatic carbocycles. The third-order valence-electron chi connectivity index (χ3n) is 4.74. The first kappa shape index (κ1) is 22.4. The molecule has 0 aromatic heterocycles. The quantitative estimate of drug-likeness (QED) is 0.531. The van der Waals surface area contributed by atoms with Gasteiger partial charge >= 0.3 is 12.3 Å². The van der Waals surface area contributed by atoms with Gasteiger partial charge in [-0.05, 0) is 43.1 Å². The molecule has 0 heterocycles. The van der Waals surface area contributed by atoms with E-state index in [1.165, 1.54) is 6.08 Å². The van der Waals surface area contributed by atoms with Crippen LogP contribution in [0.4, 0.5) is 18.0 Å². The summed E-state index contributed by atoms with van der Waals surface area (Å²) in [7, 11) is -2.42. The summed E-state index contributed by atoms with van der Waals surface area (Å²) >= 11 is 0. The Morgan fingerprint density at radius 2 is 1.88 bits per heavy atom. The normalized spacial score (nSPS) is 20.0. The highest BCUT2D eigenvalue weighted by molar-refractivity contribution is 6.74. The summed E-state index contributed by atoms with van der Waals surface area (Å²) in [6.45, 7) is 11.3. The second-order valence-corrected chi connectivity index (χ2v) is 12.7. The Balaban J connectivity index is 2.91. The van der Waals surface area contributed by atoms with Crippen molar-refractivity contribution < 1.29 is 32.4 Å². The first-order chi connectivity index (χ1) is 11.6. The Morgan fingerprint density at radius 3 is 2.27 bits per heavy atom. The van der Waals surface area contributed by atoms with Crippen molar-refractivity contribution in [3.63, 3.8) is 0 Å². The van der Waals surface area contributed by atoms with Crippen molar-refractivity contribution in [2.75, 3.05) is 0 Å². The number of hydrogen-bond acceptors (Lipinski definition) is 3. The van der Waals surface area contributed by atoms with E-state index in [1.54, 1.807) is 6.92 Å². The third kappa shape index (κ3) is 5.44. The minimum absolute atomic E-state index is 0.0771. The topological polar surface area (TPSA) is 66.8 Å². The molecule has 0 saturated carbocycles. The van der Waals surface area contributed by atoms with Crippen LogP contribution in [0.3, 0.4) is 0 Å². The number of amides is 1. The van der Waals surface area contributed by atoms with Crippen LogP contribution in [-0.2, 0) is 9.32 Å². The van der Waals surface area contributed by atoms with E-state index in [4.69, 9.17) is 4.53 Å². The number of halogens is 3. The van der Waals surface area contributed by atoms with Gasteiger partial charge in [-0.15, -0.1) is 0 Å². The maximum atomic E-state index is 12.7. The zero-order chi connectivity index (χ0) is 20.5. The molecule has 9 heteroatoms. The fourth-order valence-corrected chi connectivity index (χ4v) is 3.18. The molecule has 5 nitrogen and oxygen atoms in total. The number of carboxylic acid groups (broad SMARTS) is 1. The van der Waals surface area contributed by atoms with Crippen molar-refractivity contribution in [3.05, 3.63) is 23.8 Å². The van der Waals surface area contributed by atoms with E-state index in [2.05, 4.69) is 0 Å². The molecule has 1 rings (SSSR count). The van der Waals surface area contributed by atoms with Crippen molar-refractivity contribution in [1.29, 1.82) is 0 Å². The number of alkyl halides is 3. The smallest absolute Gasteiger partial charge is 0.430 e. The van der Waals surface area contributed by atoms with Crippen LogP contribution in [0.2, 0.25) is 18.1 Å². The highest BCUT2D eigenvalue weighted by atomic mass is 28.4. The lowest BCUT2D eigenvalue weighted by atomic mass is 9.92. The van der Waals surface area contributed by atoms with Crippen molar-refractivity contribution in [2.24, 2.45) is 5.92 Å². The molecule has 148 valence electrons. The van der Waals surface area contributed by atoms with Gasteiger partial charge in [0, 0.05) is 0 Å². The molecule has 0 spiro atoms. The monoisotopic (exact) mass is 393 g/mol. The number of hydrogen-bond donors (Lipinski definition) is 1. The van der Waals surface area contributed by atoms with Crippen LogP contribution in [0.15, 0.2) is 23.8 Å². The molecule has 26 heavy (non-hydrogen) atoms. The van der Waals surface area contributed by atoms with Gasteiger partial charge in [0.15, 0.2) is 5.78 Å². The minimum atomic E-state index is -4.63. The number of rotatable bonds is 5. The molecule has 1 N–H and O–H groups in total. The van der Waals surface area contributed by atoms with E-state index < -0.39 is 38.3 Å². The lowest BCUT2D eigenvalue weighted by Gasteiger charge is -2.40. The standard InChI is InChI=1S/C17H26F3NO4Si/c1-11(21(15(23)24)25-26(5,6)16(2,3)4)9-12-7-8-13(14(22)10-12)17(18,19)20/h7-8,10-11,13H,9H2,1-6H3,(H,23,24). The van der Waals surface area contributed by atoms with E-state index in [1.807, 2.05) is 33.9 Å².